The molecule has 1 saturated heterocycles. The Kier molecular flexibility index (Phi) is 2.32. The van der Waals surface area contributed by atoms with Crippen molar-refractivity contribution in [3.63, 3.8) is 0 Å². The van der Waals surface area contributed by atoms with Crippen LogP contribution in [0.5, 0.6) is 0 Å². The molecule has 1 saturated carbocycles. The molecule has 1 amide bonds. The minimum Gasteiger partial charge on any atom is -0.355 e. The number of rotatable bonds is 1. The van der Waals surface area contributed by atoms with Crippen LogP contribution in [0.3, 0.4) is 0 Å². The van der Waals surface area contributed by atoms with Gasteiger partial charge in [-0.1, -0.05) is 40.5 Å². The van der Waals surface area contributed by atoms with Gasteiger partial charge in [0.25, 0.3) is 0 Å². The molecule has 1 aliphatic heterocycles. The van der Waals surface area contributed by atoms with Gasteiger partial charge in [-0.05, 0) is 24.5 Å². The molecule has 1 aromatic carbocycles. The minimum absolute atomic E-state index is 0.0934. The van der Waals surface area contributed by atoms with Crippen LogP contribution in [0, 0.1) is 5.41 Å². The van der Waals surface area contributed by atoms with Crippen LogP contribution in [0.2, 0.25) is 0 Å². The maximum absolute atomic E-state index is 11.9. The van der Waals surface area contributed by atoms with E-state index in [2.05, 4.69) is 39.4 Å². The molecular formula is C13H14BrNO. The topological polar surface area (TPSA) is 29.1 Å². The number of carbonyl (C=O) groups is 1. The first kappa shape index (κ1) is 10.3. The van der Waals surface area contributed by atoms with Gasteiger partial charge in [0.1, 0.15) is 0 Å². The van der Waals surface area contributed by atoms with Gasteiger partial charge >= 0.3 is 0 Å². The zero-order valence-corrected chi connectivity index (χ0v) is 10.6. The van der Waals surface area contributed by atoms with Gasteiger partial charge < -0.3 is 5.32 Å². The van der Waals surface area contributed by atoms with E-state index in [-0.39, 0.29) is 11.3 Å². The van der Waals surface area contributed by atoms with Gasteiger partial charge in [0.2, 0.25) is 5.91 Å². The lowest BCUT2D eigenvalue weighted by atomic mass is 9.61. The summed E-state index contributed by atoms with van der Waals surface area (Å²) in [5, 5.41) is 3.03. The molecule has 1 atom stereocenters. The summed E-state index contributed by atoms with van der Waals surface area (Å²) in [4.78, 5) is 11.9. The number of carbonyl (C=O) groups excluding carboxylic acids is 1. The normalized spacial score (nSPS) is 26.6. The lowest BCUT2D eigenvalue weighted by Gasteiger charge is -2.40. The van der Waals surface area contributed by atoms with Gasteiger partial charge in [0.15, 0.2) is 0 Å². The molecule has 1 aromatic rings. The van der Waals surface area contributed by atoms with Gasteiger partial charge in [0, 0.05) is 16.9 Å². The van der Waals surface area contributed by atoms with Gasteiger partial charge in [-0.25, -0.2) is 0 Å². The second kappa shape index (κ2) is 3.59. The van der Waals surface area contributed by atoms with E-state index in [1.54, 1.807) is 0 Å². The molecule has 0 radical (unpaired) electrons. The van der Waals surface area contributed by atoms with Gasteiger partial charge in [-0.15, -0.1) is 0 Å². The molecule has 3 rings (SSSR count). The highest BCUT2D eigenvalue weighted by Gasteiger charge is 2.54. The molecule has 2 fully saturated rings. The van der Waals surface area contributed by atoms with Crippen LogP contribution < -0.4 is 5.32 Å². The summed E-state index contributed by atoms with van der Waals surface area (Å²) in [6.07, 6.45) is 3.28. The monoisotopic (exact) mass is 279 g/mol. The van der Waals surface area contributed by atoms with Crippen molar-refractivity contribution >= 4 is 21.8 Å². The lowest BCUT2D eigenvalue weighted by Crippen LogP contribution is -2.40. The Morgan fingerprint density at radius 1 is 1.31 bits per heavy atom. The molecule has 1 spiro atoms. The molecule has 0 unspecified atom stereocenters. The average molecular weight is 280 g/mol. The third-order valence-corrected chi connectivity index (χ3v) is 4.83. The van der Waals surface area contributed by atoms with Crippen LogP contribution in [0.1, 0.15) is 30.7 Å². The van der Waals surface area contributed by atoms with Crippen molar-refractivity contribution in [1.29, 1.82) is 0 Å². The second-order valence-electron chi connectivity index (χ2n) is 4.79. The predicted octanol–water partition coefficient (Wildman–Crippen LogP) is 2.83. The Hall–Kier alpha value is -0.830. The van der Waals surface area contributed by atoms with E-state index in [1.807, 2.05) is 6.07 Å². The molecule has 84 valence electrons. The summed E-state index contributed by atoms with van der Waals surface area (Å²) < 4.78 is 1.13. The Balaban J connectivity index is 2.02. The van der Waals surface area contributed by atoms with E-state index in [9.17, 15) is 4.79 Å². The summed E-state index contributed by atoms with van der Waals surface area (Å²) in [5.41, 5.74) is 1.18. The quantitative estimate of drug-likeness (QED) is 0.842. The molecular weight excluding hydrogens is 266 g/mol. The number of nitrogens with one attached hydrogen (secondary N) is 1. The number of hydrogen-bond donors (Lipinski definition) is 1. The van der Waals surface area contributed by atoms with Crippen LogP contribution in [-0.2, 0) is 4.79 Å². The van der Waals surface area contributed by atoms with E-state index in [1.165, 1.54) is 12.0 Å². The summed E-state index contributed by atoms with van der Waals surface area (Å²) in [5.74, 6) is 0.615. The maximum Gasteiger partial charge on any atom is 0.226 e. The van der Waals surface area contributed by atoms with E-state index < -0.39 is 0 Å². The first-order chi connectivity index (χ1) is 7.74. The summed E-state index contributed by atoms with van der Waals surface area (Å²) in [7, 11) is 0. The zero-order valence-electron chi connectivity index (χ0n) is 9.00. The summed E-state index contributed by atoms with van der Waals surface area (Å²) >= 11 is 3.59. The molecule has 1 heterocycles. The molecule has 2 aliphatic rings. The smallest absolute Gasteiger partial charge is 0.226 e. The van der Waals surface area contributed by atoms with Crippen LogP contribution >= 0.6 is 15.9 Å². The Morgan fingerprint density at radius 2 is 2.06 bits per heavy atom. The van der Waals surface area contributed by atoms with Crippen LogP contribution in [0.25, 0.3) is 0 Å². The fourth-order valence-corrected chi connectivity index (χ4v) is 3.58. The van der Waals surface area contributed by atoms with E-state index in [0.717, 1.165) is 23.9 Å². The first-order valence-electron chi connectivity index (χ1n) is 5.77. The fraction of sp³-hybridized carbons (Fsp3) is 0.462. The van der Waals surface area contributed by atoms with Crippen LogP contribution in [0.15, 0.2) is 28.7 Å². The third kappa shape index (κ3) is 1.27. The highest BCUT2D eigenvalue weighted by molar-refractivity contribution is 9.10. The number of hydrogen-bond acceptors (Lipinski definition) is 1. The van der Waals surface area contributed by atoms with Crippen molar-refractivity contribution in [2.24, 2.45) is 5.41 Å². The molecule has 0 aromatic heterocycles. The molecule has 1 aliphatic carbocycles. The zero-order chi connectivity index (χ0) is 11.2. The SMILES string of the molecule is O=C1NC[C@H](c2ccccc2Br)C12CCC2. The van der Waals surface area contributed by atoms with Crippen molar-refractivity contribution in [2.75, 3.05) is 6.54 Å². The van der Waals surface area contributed by atoms with Crippen molar-refractivity contribution in [1.82, 2.24) is 5.32 Å². The minimum atomic E-state index is -0.0934. The van der Waals surface area contributed by atoms with Crippen molar-refractivity contribution in [3.8, 4) is 0 Å². The number of halogens is 1. The van der Waals surface area contributed by atoms with Crippen molar-refractivity contribution in [3.05, 3.63) is 34.3 Å². The largest absolute Gasteiger partial charge is 0.355 e. The van der Waals surface area contributed by atoms with Crippen LogP contribution in [0.4, 0.5) is 0 Å². The van der Waals surface area contributed by atoms with Crippen LogP contribution in [-0.4, -0.2) is 12.5 Å². The van der Waals surface area contributed by atoms with Gasteiger partial charge in [0.05, 0.1) is 5.41 Å². The molecule has 1 N–H and O–H groups in total. The Morgan fingerprint density at radius 3 is 2.69 bits per heavy atom. The number of benzene rings is 1. The van der Waals surface area contributed by atoms with Crippen molar-refractivity contribution in [2.45, 2.75) is 25.2 Å². The molecule has 0 bridgehead atoms. The molecule has 2 nitrogen and oxygen atoms in total. The standard InChI is InChI=1S/C13H14BrNO/c14-11-5-2-1-4-9(11)10-8-15-12(16)13(10)6-3-7-13/h1-2,4-5,10H,3,6-8H2,(H,15,16)/t10-/m1/s1. The van der Waals surface area contributed by atoms with Gasteiger partial charge in [-0.3, -0.25) is 4.79 Å². The Labute approximate surface area is 104 Å². The molecule has 3 heteroatoms. The van der Waals surface area contributed by atoms with E-state index >= 15 is 0 Å². The average Bonchev–Trinajstić information content (AvgIpc) is 2.56. The highest BCUT2D eigenvalue weighted by atomic mass is 79.9. The van der Waals surface area contributed by atoms with Gasteiger partial charge in [-0.2, -0.15) is 0 Å². The fourth-order valence-electron chi connectivity index (χ4n) is 3.02. The predicted molar refractivity (Wildman–Crippen MR) is 66.2 cm³/mol. The lowest BCUT2D eigenvalue weighted by molar-refractivity contribution is -0.132. The summed E-state index contributed by atoms with van der Waals surface area (Å²) in [6, 6.07) is 8.26. The third-order valence-electron chi connectivity index (χ3n) is 4.11. The Bertz CT molecular complexity index is 439. The van der Waals surface area contributed by atoms with E-state index in [0.29, 0.717) is 5.92 Å². The first-order valence-corrected chi connectivity index (χ1v) is 6.56. The summed E-state index contributed by atoms with van der Waals surface area (Å²) in [6.45, 7) is 0.793. The number of amides is 1. The van der Waals surface area contributed by atoms with E-state index in [4.69, 9.17) is 0 Å². The maximum atomic E-state index is 11.9. The second-order valence-corrected chi connectivity index (χ2v) is 5.65. The highest BCUT2D eigenvalue weighted by Crippen LogP contribution is 2.54. The van der Waals surface area contributed by atoms with Crippen molar-refractivity contribution < 1.29 is 4.79 Å². The molecule has 16 heavy (non-hydrogen) atoms.